The highest BCUT2D eigenvalue weighted by atomic mass is 16.3. The van der Waals surface area contributed by atoms with Gasteiger partial charge < -0.3 is 5.11 Å². The van der Waals surface area contributed by atoms with Gasteiger partial charge in [-0.25, -0.2) is 0 Å². The van der Waals surface area contributed by atoms with Gasteiger partial charge in [-0.2, -0.15) is 0 Å². The first-order chi connectivity index (χ1) is 8.10. The minimum atomic E-state index is -0.414. The molecule has 0 bridgehead atoms. The molecule has 1 N–H and O–H groups in total. The molecule has 0 unspecified atom stereocenters. The highest BCUT2D eigenvalue weighted by Gasteiger charge is 2.34. The van der Waals surface area contributed by atoms with E-state index in [4.69, 9.17) is 0 Å². The zero-order valence-electron chi connectivity index (χ0n) is 9.46. The van der Waals surface area contributed by atoms with Gasteiger partial charge in [0.05, 0.1) is 19.2 Å². The molecule has 0 radical (unpaired) electrons. The number of aliphatic hydroxyl groups excluding tert-OH is 1. The van der Waals surface area contributed by atoms with Gasteiger partial charge in [-0.15, -0.1) is 0 Å². The summed E-state index contributed by atoms with van der Waals surface area (Å²) in [6.07, 6.45) is 0. The van der Waals surface area contributed by atoms with Crippen molar-refractivity contribution in [3.05, 3.63) is 22.5 Å². The molecule has 1 atom stereocenters. The molecule has 0 saturated heterocycles. The second kappa shape index (κ2) is 4.14. The maximum absolute atomic E-state index is 11.7. The van der Waals surface area contributed by atoms with Crippen molar-refractivity contribution in [3.63, 3.8) is 0 Å². The summed E-state index contributed by atoms with van der Waals surface area (Å²) >= 11 is 0. The first kappa shape index (κ1) is 11.5. The van der Waals surface area contributed by atoms with Crippen molar-refractivity contribution >= 4 is 24.1 Å². The Labute approximate surface area is 97.8 Å². The predicted octanol–water partition coefficient (Wildman–Crippen LogP) is -0.0922. The third-order valence-electron chi connectivity index (χ3n) is 2.84. The smallest absolute Gasteiger partial charge is 0.252 e. The molecule has 0 spiro atoms. The van der Waals surface area contributed by atoms with Crippen LogP contribution in [-0.4, -0.2) is 34.9 Å². The molecule has 2 heterocycles. The van der Waals surface area contributed by atoms with Crippen LogP contribution in [0.1, 0.15) is 6.92 Å². The SMILES string of the molecule is C=Nc1ccc(=O)n2c1N(C(C)=O)[C@H](CO)C2. The first-order valence-corrected chi connectivity index (χ1v) is 5.21. The molecular weight excluding hydrogens is 222 g/mol. The Bertz CT molecular complexity index is 535. The van der Waals surface area contributed by atoms with Gasteiger partial charge in [0.25, 0.3) is 5.56 Å². The third-order valence-corrected chi connectivity index (χ3v) is 2.84. The molecule has 6 nitrogen and oxygen atoms in total. The Kier molecular flexibility index (Phi) is 2.81. The monoisotopic (exact) mass is 235 g/mol. The molecule has 0 saturated carbocycles. The molecule has 1 aromatic rings. The van der Waals surface area contributed by atoms with Crippen LogP contribution in [-0.2, 0) is 11.3 Å². The fourth-order valence-corrected chi connectivity index (χ4v) is 2.12. The Morgan fingerprint density at radius 1 is 1.65 bits per heavy atom. The van der Waals surface area contributed by atoms with E-state index in [1.807, 2.05) is 0 Å². The Morgan fingerprint density at radius 2 is 2.35 bits per heavy atom. The molecule has 17 heavy (non-hydrogen) atoms. The zero-order valence-corrected chi connectivity index (χ0v) is 9.46. The number of aliphatic imine (C=N–C) groups is 1. The Hall–Kier alpha value is -1.95. The van der Waals surface area contributed by atoms with Crippen LogP contribution in [0.5, 0.6) is 0 Å². The maximum Gasteiger partial charge on any atom is 0.252 e. The van der Waals surface area contributed by atoms with Gasteiger partial charge in [0.15, 0.2) is 0 Å². The quantitative estimate of drug-likeness (QED) is 0.728. The summed E-state index contributed by atoms with van der Waals surface area (Å²) in [6, 6.07) is 2.49. The van der Waals surface area contributed by atoms with Gasteiger partial charge in [-0.3, -0.25) is 24.0 Å². The number of aliphatic hydroxyl groups is 1. The summed E-state index contributed by atoms with van der Waals surface area (Å²) in [5.74, 6) is 0.185. The van der Waals surface area contributed by atoms with Crippen molar-refractivity contribution in [2.75, 3.05) is 11.5 Å². The summed E-state index contributed by atoms with van der Waals surface area (Å²) in [4.78, 5) is 28.5. The fraction of sp³-hybridized carbons (Fsp3) is 0.364. The van der Waals surface area contributed by atoms with E-state index in [0.717, 1.165) is 0 Å². The lowest BCUT2D eigenvalue weighted by Gasteiger charge is -2.21. The number of anilines is 1. The molecular formula is C11H13N3O3. The van der Waals surface area contributed by atoms with Gasteiger partial charge >= 0.3 is 0 Å². The van der Waals surface area contributed by atoms with Crippen LogP contribution in [0.25, 0.3) is 0 Å². The van der Waals surface area contributed by atoms with Gasteiger partial charge in [-0.1, -0.05) is 0 Å². The van der Waals surface area contributed by atoms with Crippen LogP contribution < -0.4 is 10.5 Å². The summed E-state index contributed by atoms with van der Waals surface area (Å²) in [7, 11) is 0. The lowest BCUT2D eigenvalue weighted by atomic mass is 10.3. The number of aromatic nitrogens is 1. The number of pyridine rings is 1. The second-order valence-electron chi connectivity index (χ2n) is 3.87. The van der Waals surface area contributed by atoms with E-state index in [0.29, 0.717) is 11.5 Å². The van der Waals surface area contributed by atoms with E-state index >= 15 is 0 Å². The van der Waals surface area contributed by atoms with Crippen molar-refractivity contribution in [2.24, 2.45) is 4.99 Å². The van der Waals surface area contributed by atoms with Gasteiger partial charge in [-0.05, 0) is 12.8 Å². The minimum absolute atomic E-state index is 0.197. The first-order valence-electron chi connectivity index (χ1n) is 5.21. The zero-order chi connectivity index (χ0) is 12.6. The van der Waals surface area contributed by atoms with Crippen molar-refractivity contribution in [1.29, 1.82) is 0 Å². The van der Waals surface area contributed by atoms with Crippen molar-refractivity contribution in [3.8, 4) is 0 Å². The van der Waals surface area contributed by atoms with Gasteiger partial charge in [0.1, 0.15) is 11.5 Å². The van der Waals surface area contributed by atoms with E-state index in [1.165, 1.54) is 28.5 Å². The molecule has 1 amide bonds. The van der Waals surface area contributed by atoms with E-state index < -0.39 is 6.04 Å². The highest BCUT2D eigenvalue weighted by molar-refractivity contribution is 5.95. The summed E-state index contributed by atoms with van der Waals surface area (Å²) in [6.45, 7) is 4.90. The maximum atomic E-state index is 11.7. The van der Waals surface area contributed by atoms with Crippen molar-refractivity contribution in [2.45, 2.75) is 19.5 Å². The fourth-order valence-electron chi connectivity index (χ4n) is 2.12. The number of fused-ring (bicyclic) bond motifs is 1. The Morgan fingerprint density at radius 3 is 2.88 bits per heavy atom. The molecule has 0 aliphatic carbocycles. The standard InChI is InChI=1S/C11H13N3O3/c1-7(16)14-8(6-15)5-13-10(17)4-3-9(12-2)11(13)14/h3-4,8,15H,2,5-6H2,1H3/t8-/m0/s1. The van der Waals surface area contributed by atoms with Gasteiger partial charge in [0, 0.05) is 13.0 Å². The highest BCUT2D eigenvalue weighted by Crippen LogP contribution is 2.33. The summed E-state index contributed by atoms with van der Waals surface area (Å²) in [5, 5.41) is 9.26. The molecule has 6 heteroatoms. The number of nitrogens with zero attached hydrogens (tertiary/aromatic N) is 3. The number of amides is 1. The predicted molar refractivity (Wildman–Crippen MR) is 63.9 cm³/mol. The topological polar surface area (TPSA) is 74.9 Å². The number of carbonyl (C=O) groups is 1. The van der Waals surface area contributed by atoms with Crippen LogP contribution in [0, 0.1) is 0 Å². The molecule has 0 aromatic carbocycles. The minimum Gasteiger partial charge on any atom is -0.394 e. The van der Waals surface area contributed by atoms with E-state index in [1.54, 1.807) is 0 Å². The molecule has 1 aliphatic heterocycles. The summed E-state index contributed by atoms with van der Waals surface area (Å²) < 4.78 is 1.44. The number of hydrogen-bond acceptors (Lipinski definition) is 4. The van der Waals surface area contributed by atoms with Crippen LogP contribution in [0.4, 0.5) is 11.5 Å². The number of carbonyl (C=O) groups excluding carboxylic acids is 1. The lowest BCUT2D eigenvalue weighted by Crippen LogP contribution is -2.38. The number of rotatable bonds is 2. The van der Waals surface area contributed by atoms with E-state index in [-0.39, 0.29) is 24.6 Å². The van der Waals surface area contributed by atoms with Crippen LogP contribution >= 0.6 is 0 Å². The third kappa shape index (κ3) is 1.66. The average molecular weight is 235 g/mol. The van der Waals surface area contributed by atoms with Crippen molar-refractivity contribution in [1.82, 2.24) is 4.57 Å². The van der Waals surface area contributed by atoms with E-state index in [2.05, 4.69) is 11.7 Å². The van der Waals surface area contributed by atoms with Crippen LogP contribution in [0.3, 0.4) is 0 Å². The molecule has 1 aliphatic rings. The molecule has 2 rings (SSSR count). The van der Waals surface area contributed by atoms with E-state index in [9.17, 15) is 14.7 Å². The number of hydrogen-bond donors (Lipinski definition) is 1. The lowest BCUT2D eigenvalue weighted by molar-refractivity contribution is -0.117. The molecule has 0 fully saturated rings. The Balaban J connectivity index is 2.67. The molecule has 1 aromatic heterocycles. The normalized spacial score (nSPS) is 18.0. The van der Waals surface area contributed by atoms with Gasteiger partial charge in [0.2, 0.25) is 5.91 Å². The second-order valence-corrected chi connectivity index (χ2v) is 3.87. The largest absolute Gasteiger partial charge is 0.394 e. The van der Waals surface area contributed by atoms with Crippen molar-refractivity contribution < 1.29 is 9.90 Å². The van der Waals surface area contributed by atoms with Crippen LogP contribution in [0.15, 0.2) is 21.9 Å². The van der Waals surface area contributed by atoms with Crippen LogP contribution in [0.2, 0.25) is 0 Å². The molecule has 90 valence electrons. The summed E-state index contributed by atoms with van der Waals surface area (Å²) in [5.41, 5.74) is 0.255. The average Bonchev–Trinajstić information content (AvgIpc) is 2.70.